The number of urea groups is 1. The van der Waals surface area contributed by atoms with Crippen molar-refractivity contribution < 1.29 is 4.79 Å². The Hall–Kier alpha value is -0.450. The molecule has 1 aromatic carbocycles. The molecule has 0 atom stereocenters. The van der Waals surface area contributed by atoms with Gasteiger partial charge in [0, 0.05) is 10.5 Å². The van der Waals surface area contributed by atoms with Gasteiger partial charge in [0.1, 0.15) is 0 Å². The van der Waals surface area contributed by atoms with Crippen LogP contribution in [0.2, 0.25) is 10.0 Å². The van der Waals surface area contributed by atoms with Crippen molar-refractivity contribution in [2.75, 3.05) is 5.32 Å². The van der Waals surface area contributed by atoms with Gasteiger partial charge in [0.15, 0.2) is 0 Å². The van der Waals surface area contributed by atoms with Gasteiger partial charge in [0.05, 0.1) is 15.7 Å². The molecule has 0 bridgehead atoms. The maximum absolute atomic E-state index is 11.6. The van der Waals surface area contributed by atoms with E-state index in [0.717, 1.165) is 12.8 Å². The molecule has 17 heavy (non-hydrogen) atoms. The Kier molecular flexibility index (Phi) is 4.17. The number of benzene rings is 1. The second kappa shape index (κ2) is 5.46. The highest BCUT2D eigenvalue weighted by atomic mass is 79.9. The highest BCUT2D eigenvalue weighted by Gasteiger charge is 2.20. The molecule has 92 valence electrons. The van der Waals surface area contributed by atoms with Crippen molar-refractivity contribution >= 4 is 50.9 Å². The molecule has 2 amide bonds. The van der Waals surface area contributed by atoms with Gasteiger partial charge in [-0.1, -0.05) is 23.2 Å². The Morgan fingerprint density at radius 1 is 1.29 bits per heavy atom. The van der Waals surface area contributed by atoms with Crippen LogP contribution in [-0.4, -0.2) is 12.1 Å². The Morgan fingerprint density at radius 2 is 2.00 bits per heavy atom. The summed E-state index contributed by atoms with van der Waals surface area (Å²) < 4.78 is 0.703. The summed E-state index contributed by atoms with van der Waals surface area (Å²) in [5.41, 5.74) is 0.511. The molecule has 6 heteroatoms. The van der Waals surface area contributed by atoms with Gasteiger partial charge in [-0.25, -0.2) is 4.79 Å². The molecule has 0 heterocycles. The summed E-state index contributed by atoms with van der Waals surface area (Å²) in [5, 5.41) is 6.29. The molecule has 2 N–H and O–H groups in total. The van der Waals surface area contributed by atoms with Gasteiger partial charge < -0.3 is 10.6 Å². The van der Waals surface area contributed by atoms with Crippen LogP contribution in [-0.2, 0) is 0 Å². The van der Waals surface area contributed by atoms with Gasteiger partial charge in [-0.3, -0.25) is 0 Å². The maximum Gasteiger partial charge on any atom is 0.319 e. The summed E-state index contributed by atoms with van der Waals surface area (Å²) in [4.78, 5) is 11.6. The molecule has 1 fully saturated rings. The normalized spacial score (nSPS) is 15.2. The summed E-state index contributed by atoms with van der Waals surface area (Å²) in [6.45, 7) is 0. The zero-order valence-electron chi connectivity index (χ0n) is 8.90. The fraction of sp³-hybridized carbons (Fsp3) is 0.364. The molecular formula is C11H11BrCl2N2O. The molecule has 1 aromatic rings. The third kappa shape index (κ3) is 3.06. The summed E-state index contributed by atoms with van der Waals surface area (Å²) in [7, 11) is 0. The fourth-order valence-electron chi connectivity index (χ4n) is 1.52. The molecule has 0 aliphatic heterocycles. The van der Waals surface area contributed by atoms with Crippen molar-refractivity contribution in [3.05, 3.63) is 26.7 Å². The zero-order chi connectivity index (χ0) is 12.4. The topological polar surface area (TPSA) is 41.1 Å². The molecular weight excluding hydrogens is 327 g/mol. The number of amides is 2. The van der Waals surface area contributed by atoms with Crippen LogP contribution in [0.5, 0.6) is 0 Å². The van der Waals surface area contributed by atoms with Crippen molar-refractivity contribution in [2.45, 2.75) is 25.3 Å². The second-order valence-corrected chi connectivity index (χ2v) is 5.56. The Bertz CT molecular complexity index is 449. The van der Waals surface area contributed by atoms with Crippen molar-refractivity contribution in [3.8, 4) is 0 Å². The highest BCUT2D eigenvalue weighted by molar-refractivity contribution is 9.10. The lowest BCUT2D eigenvalue weighted by atomic mass is 9.93. The molecule has 1 aliphatic carbocycles. The monoisotopic (exact) mass is 336 g/mol. The number of nitrogens with one attached hydrogen (secondary N) is 2. The summed E-state index contributed by atoms with van der Waals surface area (Å²) in [6.07, 6.45) is 3.26. The van der Waals surface area contributed by atoms with Gasteiger partial charge in [-0.15, -0.1) is 0 Å². The summed E-state index contributed by atoms with van der Waals surface area (Å²) in [6, 6.07) is 3.50. The van der Waals surface area contributed by atoms with Gasteiger partial charge >= 0.3 is 6.03 Å². The Balaban J connectivity index is 2.02. The minimum absolute atomic E-state index is 0.241. The average Bonchev–Trinajstić information content (AvgIpc) is 2.25. The van der Waals surface area contributed by atoms with Crippen molar-refractivity contribution in [3.63, 3.8) is 0 Å². The SMILES string of the molecule is O=C(Nc1ccc(Br)c(Cl)c1Cl)NC1CCC1. The summed E-state index contributed by atoms with van der Waals surface area (Å²) in [5.74, 6) is 0. The van der Waals surface area contributed by atoms with Crippen LogP contribution in [0.25, 0.3) is 0 Å². The fourth-order valence-corrected chi connectivity index (χ4v) is 2.34. The number of anilines is 1. The van der Waals surface area contributed by atoms with Crippen LogP contribution in [0.3, 0.4) is 0 Å². The quantitative estimate of drug-likeness (QED) is 0.770. The molecule has 0 unspecified atom stereocenters. The zero-order valence-corrected chi connectivity index (χ0v) is 12.0. The minimum atomic E-state index is -0.241. The lowest BCUT2D eigenvalue weighted by Crippen LogP contribution is -2.41. The van der Waals surface area contributed by atoms with Crippen LogP contribution >= 0.6 is 39.1 Å². The second-order valence-electron chi connectivity index (χ2n) is 3.95. The van der Waals surface area contributed by atoms with E-state index in [2.05, 4.69) is 26.6 Å². The van der Waals surface area contributed by atoms with E-state index in [0.29, 0.717) is 26.2 Å². The van der Waals surface area contributed by atoms with Crippen LogP contribution in [0.4, 0.5) is 10.5 Å². The van der Waals surface area contributed by atoms with E-state index in [9.17, 15) is 4.79 Å². The molecule has 2 rings (SSSR count). The van der Waals surface area contributed by atoms with Gasteiger partial charge in [0.2, 0.25) is 0 Å². The average molecular weight is 338 g/mol. The van der Waals surface area contributed by atoms with Crippen LogP contribution in [0, 0.1) is 0 Å². The van der Waals surface area contributed by atoms with Gasteiger partial charge in [-0.2, -0.15) is 0 Å². The number of hydrogen-bond acceptors (Lipinski definition) is 1. The number of carbonyl (C=O) groups excluding carboxylic acids is 1. The van der Waals surface area contributed by atoms with Crippen molar-refractivity contribution in [1.29, 1.82) is 0 Å². The number of rotatable bonds is 2. The van der Waals surface area contributed by atoms with E-state index in [1.807, 2.05) is 0 Å². The lowest BCUT2D eigenvalue weighted by Gasteiger charge is -2.26. The van der Waals surface area contributed by atoms with Crippen molar-refractivity contribution in [2.24, 2.45) is 0 Å². The third-order valence-electron chi connectivity index (χ3n) is 2.72. The predicted octanol–water partition coefficient (Wildman–Crippen LogP) is 4.43. The molecule has 1 saturated carbocycles. The van der Waals surface area contributed by atoms with E-state index < -0.39 is 0 Å². The number of carbonyl (C=O) groups is 1. The van der Waals surface area contributed by atoms with E-state index in [1.165, 1.54) is 6.42 Å². The summed E-state index contributed by atoms with van der Waals surface area (Å²) >= 11 is 15.2. The molecule has 3 nitrogen and oxygen atoms in total. The van der Waals surface area contributed by atoms with Crippen molar-refractivity contribution in [1.82, 2.24) is 5.32 Å². The van der Waals surface area contributed by atoms with Gasteiger partial charge in [0.25, 0.3) is 0 Å². The third-order valence-corrected chi connectivity index (χ3v) is 4.49. The van der Waals surface area contributed by atoms with Crippen LogP contribution < -0.4 is 10.6 Å². The predicted molar refractivity (Wildman–Crippen MR) is 74.0 cm³/mol. The van der Waals surface area contributed by atoms with Crippen LogP contribution in [0.1, 0.15) is 19.3 Å². The minimum Gasteiger partial charge on any atom is -0.335 e. The molecule has 1 aliphatic rings. The number of halogens is 3. The molecule has 0 aromatic heterocycles. The Morgan fingerprint density at radius 3 is 2.59 bits per heavy atom. The van der Waals surface area contributed by atoms with Crippen LogP contribution in [0.15, 0.2) is 16.6 Å². The highest BCUT2D eigenvalue weighted by Crippen LogP contribution is 2.35. The smallest absolute Gasteiger partial charge is 0.319 e. The Labute approximate surface area is 118 Å². The first-order valence-corrected chi connectivity index (χ1v) is 6.84. The largest absolute Gasteiger partial charge is 0.335 e. The number of hydrogen-bond donors (Lipinski definition) is 2. The maximum atomic E-state index is 11.6. The van der Waals surface area contributed by atoms with E-state index in [4.69, 9.17) is 23.2 Å². The molecule has 0 radical (unpaired) electrons. The molecule has 0 saturated heterocycles. The standard InChI is InChI=1S/C11H11BrCl2N2O/c12-7-4-5-8(10(14)9(7)13)16-11(17)15-6-2-1-3-6/h4-6H,1-3H2,(H2,15,16,17). The molecule has 0 spiro atoms. The van der Waals surface area contributed by atoms with E-state index in [-0.39, 0.29) is 6.03 Å². The first-order valence-electron chi connectivity index (χ1n) is 5.29. The van der Waals surface area contributed by atoms with Gasteiger partial charge in [-0.05, 0) is 47.3 Å². The van der Waals surface area contributed by atoms with E-state index >= 15 is 0 Å². The lowest BCUT2D eigenvalue weighted by molar-refractivity contribution is 0.240. The first kappa shape index (κ1) is 13.0. The van der Waals surface area contributed by atoms with E-state index in [1.54, 1.807) is 12.1 Å². The first-order chi connectivity index (χ1) is 8.08.